The Labute approximate surface area is 116 Å². The first-order chi connectivity index (χ1) is 8.22. The fourth-order valence-electron chi connectivity index (χ4n) is 2.65. The average molecular weight is 291 g/mol. The van der Waals surface area contributed by atoms with Crippen molar-refractivity contribution in [2.75, 3.05) is 0 Å². The van der Waals surface area contributed by atoms with Crippen molar-refractivity contribution in [1.29, 1.82) is 0 Å². The summed E-state index contributed by atoms with van der Waals surface area (Å²) in [5.74, 6) is 0.373. The summed E-state index contributed by atoms with van der Waals surface area (Å²) in [5.41, 5.74) is -0.912. The van der Waals surface area contributed by atoms with Crippen LogP contribution >= 0.6 is 23.3 Å². The van der Waals surface area contributed by atoms with Gasteiger partial charge < -0.3 is 4.74 Å². The van der Waals surface area contributed by atoms with Gasteiger partial charge in [-0.05, 0) is 27.7 Å². The molecule has 1 saturated heterocycles. The SMILES string of the molecule is CC1(C)CC(Oc2nsnc2Cl)CC(C)(C)N1[O]. The van der Waals surface area contributed by atoms with Crippen LogP contribution in [0.1, 0.15) is 40.5 Å². The lowest BCUT2D eigenvalue weighted by Gasteiger charge is -2.49. The second kappa shape index (κ2) is 4.59. The van der Waals surface area contributed by atoms with Crippen LogP contribution in [-0.4, -0.2) is 31.0 Å². The van der Waals surface area contributed by atoms with E-state index in [0.717, 1.165) is 11.7 Å². The highest BCUT2D eigenvalue weighted by molar-refractivity contribution is 6.99. The Balaban J connectivity index is 2.14. The van der Waals surface area contributed by atoms with Crippen LogP contribution < -0.4 is 4.74 Å². The van der Waals surface area contributed by atoms with Gasteiger partial charge in [0, 0.05) is 23.9 Å². The van der Waals surface area contributed by atoms with Crippen LogP contribution in [0.2, 0.25) is 5.15 Å². The molecular formula is C11H17ClN3O2S. The smallest absolute Gasteiger partial charge is 0.265 e. The van der Waals surface area contributed by atoms with E-state index in [4.69, 9.17) is 16.3 Å². The number of hydrogen-bond donors (Lipinski definition) is 0. The number of ether oxygens (including phenoxy) is 1. The van der Waals surface area contributed by atoms with Crippen LogP contribution in [0.3, 0.4) is 0 Å². The Bertz CT molecular complexity index is 418. The lowest BCUT2D eigenvalue weighted by atomic mass is 9.80. The molecule has 0 aromatic carbocycles. The van der Waals surface area contributed by atoms with Gasteiger partial charge in [0.05, 0.1) is 11.7 Å². The average Bonchev–Trinajstić information content (AvgIpc) is 2.60. The molecule has 101 valence electrons. The monoisotopic (exact) mass is 290 g/mol. The molecule has 0 amide bonds. The minimum absolute atomic E-state index is 0.0680. The largest absolute Gasteiger partial charge is 0.471 e. The van der Waals surface area contributed by atoms with Crippen molar-refractivity contribution in [1.82, 2.24) is 13.8 Å². The van der Waals surface area contributed by atoms with Crippen molar-refractivity contribution in [3.05, 3.63) is 5.15 Å². The van der Waals surface area contributed by atoms with Gasteiger partial charge in [-0.3, -0.25) is 0 Å². The summed E-state index contributed by atoms with van der Waals surface area (Å²) < 4.78 is 13.7. The first-order valence-electron chi connectivity index (χ1n) is 5.84. The van der Waals surface area contributed by atoms with Gasteiger partial charge in [0.25, 0.3) is 5.88 Å². The number of hydrogen-bond acceptors (Lipinski definition) is 5. The highest BCUT2D eigenvalue weighted by Gasteiger charge is 2.47. The topological polar surface area (TPSA) is 58.2 Å². The molecule has 0 bridgehead atoms. The van der Waals surface area contributed by atoms with E-state index in [0.29, 0.717) is 23.9 Å². The molecule has 1 aliphatic heterocycles. The molecule has 1 aromatic rings. The van der Waals surface area contributed by atoms with E-state index in [1.807, 2.05) is 27.7 Å². The molecule has 0 spiro atoms. The summed E-state index contributed by atoms with van der Waals surface area (Å²) in [6.07, 6.45) is 1.23. The summed E-state index contributed by atoms with van der Waals surface area (Å²) in [6.45, 7) is 7.71. The molecule has 7 heteroatoms. The quantitative estimate of drug-likeness (QED) is 0.840. The predicted molar refractivity (Wildman–Crippen MR) is 69.3 cm³/mol. The Kier molecular flexibility index (Phi) is 3.57. The molecule has 1 fully saturated rings. The molecule has 0 aliphatic carbocycles. The summed E-state index contributed by atoms with van der Waals surface area (Å²) in [4.78, 5) is 0. The Morgan fingerprint density at radius 1 is 1.28 bits per heavy atom. The van der Waals surface area contributed by atoms with E-state index < -0.39 is 11.1 Å². The zero-order valence-electron chi connectivity index (χ0n) is 10.9. The molecular weight excluding hydrogens is 274 g/mol. The lowest BCUT2D eigenvalue weighted by molar-refractivity contribution is -0.296. The maximum Gasteiger partial charge on any atom is 0.265 e. The fourth-order valence-corrected chi connectivity index (χ4v) is 3.28. The first kappa shape index (κ1) is 14.0. The Morgan fingerprint density at radius 3 is 2.28 bits per heavy atom. The van der Waals surface area contributed by atoms with Crippen molar-refractivity contribution >= 4 is 23.3 Å². The van der Waals surface area contributed by atoms with Crippen molar-refractivity contribution < 1.29 is 9.94 Å². The van der Waals surface area contributed by atoms with Crippen LogP contribution in [-0.2, 0) is 5.21 Å². The molecule has 0 atom stereocenters. The van der Waals surface area contributed by atoms with Gasteiger partial charge in [0.1, 0.15) is 6.10 Å². The maximum atomic E-state index is 12.2. The zero-order chi connectivity index (χ0) is 13.6. The van der Waals surface area contributed by atoms with Crippen LogP contribution in [0.4, 0.5) is 0 Å². The number of nitrogens with zero attached hydrogens (tertiary/aromatic N) is 3. The lowest BCUT2D eigenvalue weighted by Crippen LogP contribution is -2.60. The van der Waals surface area contributed by atoms with Gasteiger partial charge in [-0.25, -0.2) is 0 Å². The van der Waals surface area contributed by atoms with Crippen LogP contribution in [0.15, 0.2) is 0 Å². The molecule has 0 saturated carbocycles. The van der Waals surface area contributed by atoms with Crippen LogP contribution in [0, 0.1) is 0 Å². The second-order valence-corrected chi connectivity index (χ2v) is 6.81. The molecule has 1 aromatic heterocycles. The van der Waals surface area contributed by atoms with Crippen molar-refractivity contribution in [2.24, 2.45) is 0 Å². The summed E-state index contributed by atoms with van der Waals surface area (Å²) >= 11 is 6.90. The highest BCUT2D eigenvalue weighted by Crippen LogP contribution is 2.39. The van der Waals surface area contributed by atoms with E-state index >= 15 is 0 Å². The van der Waals surface area contributed by atoms with E-state index in [1.165, 1.54) is 5.06 Å². The number of halogens is 1. The van der Waals surface area contributed by atoms with Crippen LogP contribution in [0.5, 0.6) is 5.88 Å². The van der Waals surface area contributed by atoms with Crippen molar-refractivity contribution in [3.63, 3.8) is 0 Å². The number of hydroxylamine groups is 2. The molecule has 18 heavy (non-hydrogen) atoms. The van der Waals surface area contributed by atoms with Crippen molar-refractivity contribution in [3.8, 4) is 5.88 Å². The minimum atomic E-state index is -0.456. The zero-order valence-corrected chi connectivity index (χ0v) is 12.5. The molecule has 0 unspecified atom stereocenters. The summed E-state index contributed by atoms with van der Waals surface area (Å²) in [7, 11) is 0. The third kappa shape index (κ3) is 2.61. The Hall–Kier alpha value is -0.430. The normalized spacial score (nSPS) is 24.1. The van der Waals surface area contributed by atoms with Gasteiger partial charge in [-0.1, -0.05) is 11.6 Å². The Morgan fingerprint density at radius 2 is 1.83 bits per heavy atom. The van der Waals surface area contributed by atoms with E-state index in [1.54, 1.807) is 0 Å². The molecule has 2 heterocycles. The number of piperidine rings is 1. The summed E-state index contributed by atoms with van der Waals surface area (Å²) in [6, 6.07) is 0. The number of rotatable bonds is 2. The van der Waals surface area contributed by atoms with Gasteiger partial charge in [-0.2, -0.15) is 4.37 Å². The molecule has 0 N–H and O–H groups in total. The second-order valence-electron chi connectivity index (χ2n) is 5.93. The molecule has 1 radical (unpaired) electrons. The minimum Gasteiger partial charge on any atom is -0.471 e. The highest BCUT2D eigenvalue weighted by atomic mass is 35.5. The van der Waals surface area contributed by atoms with Crippen LogP contribution in [0.25, 0.3) is 0 Å². The van der Waals surface area contributed by atoms with Gasteiger partial charge in [0.15, 0.2) is 0 Å². The standard InChI is InChI=1S/C11H17ClN3O2S/c1-10(2)5-7(6-11(3,4)15(10)16)17-9-8(12)13-18-14-9/h7H,5-6H2,1-4H3. The van der Waals surface area contributed by atoms with Crippen molar-refractivity contribution in [2.45, 2.75) is 57.7 Å². The third-order valence-electron chi connectivity index (χ3n) is 3.25. The molecule has 2 rings (SSSR count). The molecule has 5 nitrogen and oxygen atoms in total. The molecule has 1 aliphatic rings. The van der Waals surface area contributed by atoms with Gasteiger partial charge >= 0.3 is 0 Å². The van der Waals surface area contributed by atoms with E-state index in [9.17, 15) is 5.21 Å². The third-order valence-corrected chi connectivity index (χ3v) is 4.11. The van der Waals surface area contributed by atoms with E-state index in [-0.39, 0.29) is 6.10 Å². The van der Waals surface area contributed by atoms with Gasteiger partial charge in [0.2, 0.25) is 5.15 Å². The van der Waals surface area contributed by atoms with Gasteiger partial charge in [-0.15, -0.1) is 14.6 Å². The predicted octanol–water partition coefficient (Wildman–Crippen LogP) is 2.94. The fraction of sp³-hybridized carbons (Fsp3) is 0.818. The number of aromatic nitrogens is 2. The van der Waals surface area contributed by atoms with E-state index in [2.05, 4.69) is 8.75 Å². The maximum absolute atomic E-state index is 12.2. The summed E-state index contributed by atoms with van der Waals surface area (Å²) in [5, 5.41) is 13.7. The first-order valence-corrected chi connectivity index (χ1v) is 6.95.